The van der Waals surface area contributed by atoms with E-state index in [0.29, 0.717) is 31.1 Å². The van der Waals surface area contributed by atoms with Gasteiger partial charge in [-0.3, -0.25) is 4.90 Å². The number of ether oxygens (including phenoxy) is 1. The monoisotopic (exact) mass is 366 g/mol. The number of hydrogen-bond acceptors (Lipinski definition) is 4. The molecule has 2 saturated heterocycles. The minimum Gasteiger partial charge on any atom is -0.381 e. The van der Waals surface area contributed by atoms with E-state index >= 15 is 0 Å². The van der Waals surface area contributed by atoms with Crippen LogP contribution in [0.25, 0.3) is 0 Å². The van der Waals surface area contributed by atoms with Gasteiger partial charge in [0.2, 0.25) is 10.0 Å². The van der Waals surface area contributed by atoms with Crippen LogP contribution in [0.5, 0.6) is 0 Å². The SMILES string of the molecule is CC(C)CN(C1CCOCC1)C1CN(S(=O)(=O)Cc2ccccc2)C1. The zero-order chi connectivity index (χ0) is 17.9. The molecular weight excluding hydrogens is 336 g/mol. The van der Waals surface area contributed by atoms with Crippen molar-refractivity contribution < 1.29 is 13.2 Å². The Morgan fingerprint density at radius 1 is 1.12 bits per heavy atom. The highest BCUT2D eigenvalue weighted by atomic mass is 32.2. The van der Waals surface area contributed by atoms with Gasteiger partial charge < -0.3 is 4.74 Å². The number of rotatable bonds is 7. The Kier molecular flexibility index (Phi) is 6.15. The lowest BCUT2D eigenvalue weighted by Gasteiger charge is -2.49. The minimum absolute atomic E-state index is 0.0992. The van der Waals surface area contributed by atoms with Gasteiger partial charge >= 0.3 is 0 Å². The summed E-state index contributed by atoms with van der Waals surface area (Å²) < 4.78 is 32.4. The average Bonchev–Trinajstić information content (AvgIpc) is 2.53. The molecule has 1 aromatic carbocycles. The molecule has 2 aliphatic heterocycles. The second kappa shape index (κ2) is 8.16. The molecule has 0 aromatic heterocycles. The third-order valence-electron chi connectivity index (χ3n) is 5.12. The minimum atomic E-state index is -3.22. The van der Waals surface area contributed by atoms with Crippen LogP contribution in [0.15, 0.2) is 30.3 Å². The molecule has 3 rings (SSSR count). The van der Waals surface area contributed by atoms with Crippen LogP contribution in [0, 0.1) is 5.92 Å². The largest absolute Gasteiger partial charge is 0.381 e. The lowest BCUT2D eigenvalue weighted by molar-refractivity contribution is -0.0158. The molecule has 0 spiro atoms. The highest BCUT2D eigenvalue weighted by Gasteiger charge is 2.41. The topological polar surface area (TPSA) is 49.9 Å². The molecule has 0 aliphatic carbocycles. The highest BCUT2D eigenvalue weighted by Crippen LogP contribution is 2.27. The molecule has 0 amide bonds. The molecule has 2 aliphatic rings. The van der Waals surface area contributed by atoms with Gasteiger partial charge in [0.1, 0.15) is 0 Å². The number of sulfonamides is 1. The molecule has 0 bridgehead atoms. The van der Waals surface area contributed by atoms with E-state index in [0.717, 1.165) is 38.2 Å². The zero-order valence-electron chi connectivity index (χ0n) is 15.3. The van der Waals surface area contributed by atoms with E-state index in [1.165, 1.54) is 0 Å². The van der Waals surface area contributed by atoms with Crippen molar-refractivity contribution in [2.24, 2.45) is 5.92 Å². The Morgan fingerprint density at radius 3 is 2.36 bits per heavy atom. The fraction of sp³-hybridized carbons (Fsp3) is 0.684. The van der Waals surface area contributed by atoms with E-state index in [-0.39, 0.29) is 5.75 Å². The van der Waals surface area contributed by atoms with E-state index in [1.54, 1.807) is 4.31 Å². The van der Waals surface area contributed by atoms with Gasteiger partial charge in [0, 0.05) is 44.9 Å². The van der Waals surface area contributed by atoms with Crippen molar-refractivity contribution >= 4 is 10.0 Å². The molecule has 2 heterocycles. The van der Waals surface area contributed by atoms with Crippen molar-refractivity contribution in [3.05, 3.63) is 35.9 Å². The number of hydrogen-bond donors (Lipinski definition) is 0. The third-order valence-corrected chi connectivity index (χ3v) is 6.90. The Morgan fingerprint density at radius 2 is 1.76 bits per heavy atom. The molecule has 0 radical (unpaired) electrons. The van der Waals surface area contributed by atoms with Crippen LogP contribution >= 0.6 is 0 Å². The first-order chi connectivity index (χ1) is 12.0. The Balaban J connectivity index is 1.60. The summed E-state index contributed by atoms with van der Waals surface area (Å²) in [7, 11) is -3.22. The lowest BCUT2D eigenvalue weighted by atomic mass is 9.99. The normalized spacial score (nSPS) is 21.0. The lowest BCUT2D eigenvalue weighted by Crippen LogP contribution is -2.64. The van der Waals surface area contributed by atoms with Gasteiger partial charge in [0.05, 0.1) is 5.75 Å². The molecule has 0 unspecified atom stereocenters. The van der Waals surface area contributed by atoms with Gasteiger partial charge in [-0.05, 0) is 24.3 Å². The molecule has 140 valence electrons. The van der Waals surface area contributed by atoms with Crippen LogP contribution in [0.3, 0.4) is 0 Å². The maximum Gasteiger partial charge on any atom is 0.218 e. The summed E-state index contributed by atoms with van der Waals surface area (Å²) in [5, 5.41) is 0. The summed E-state index contributed by atoms with van der Waals surface area (Å²) in [5.74, 6) is 0.681. The van der Waals surface area contributed by atoms with E-state index in [9.17, 15) is 8.42 Å². The van der Waals surface area contributed by atoms with Gasteiger partial charge in [-0.1, -0.05) is 44.2 Å². The summed E-state index contributed by atoms with van der Waals surface area (Å²) in [5.41, 5.74) is 0.856. The van der Waals surface area contributed by atoms with Crippen LogP contribution < -0.4 is 0 Å². The fourth-order valence-corrected chi connectivity index (χ4v) is 5.36. The molecule has 25 heavy (non-hydrogen) atoms. The third kappa shape index (κ3) is 4.82. The van der Waals surface area contributed by atoms with E-state index < -0.39 is 10.0 Å². The van der Waals surface area contributed by atoms with Gasteiger partial charge in [0.25, 0.3) is 0 Å². The van der Waals surface area contributed by atoms with E-state index in [2.05, 4.69) is 18.7 Å². The van der Waals surface area contributed by atoms with Crippen molar-refractivity contribution in [3.63, 3.8) is 0 Å². The first kappa shape index (κ1) is 18.8. The van der Waals surface area contributed by atoms with Crippen molar-refractivity contribution in [1.82, 2.24) is 9.21 Å². The van der Waals surface area contributed by atoms with Gasteiger partial charge in [-0.2, -0.15) is 4.31 Å². The summed E-state index contributed by atoms with van der Waals surface area (Å²) in [6, 6.07) is 10.3. The maximum absolute atomic E-state index is 12.6. The Labute approximate surface area is 152 Å². The molecule has 0 N–H and O–H groups in total. The predicted molar refractivity (Wildman–Crippen MR) is 99.8 cm³/mol. The molecule has 5 nitrogen and oxygen atoms in total. The first-order valence-corrected chi connectivity index (χ1v) is 10.9. The quantitative estimate of drug-likeness (QED) is 0.743. The Bertz CT molecular complexity index is 636. The molecule has 6 heteroatoms. The van der Waals surface area contributed by atoms with Crippen LogP contribution in [0.2, 0.25) is 0 Å². The maximum atomic E-state index is 12.6. The highest BCUT2D eigenvalue weighted by molar-refractivity contribution is 7.88. The first-order valence-electron chi connectivity index (χ1n) is 9.31. The van der Waals surface area contributed by atoms with Crippen LogP contribution in [-0.2, 0) is 20.5 Å². The second-order valence-electron chi connectivity index (χ2n) is 7.65. The van der Waals surface area contributed by atoms with Gasteiger partial charge in [-0.15, -0.1) is 0 Å². The average molecular weight is 367 g/mol. The summed E-state index contributed by atoms with van der Waals surface area (Å²) >= 11 is 0. The van der Waals surface area contributed by atoms with Crippen LogP contribution in [-0.4, -0.2) is 62.6 Å². The predicted octanol–water partition coefficient (Wildman–Crippen LogP) is 2.34. The van der Waals surface area contributed by atoms with E-state index in [1.807, 2.05) is 30.3 Å². The van der Waals surface area contributed by atoms with Crippen molar-refractivity contribution in [2.75, 3.05) is 32.8 Å². The molecular formula is C19H30N2O3S. The zero-order valence-corrected chi connectivity index (χ0v) is 16.1. The van der Waals surface area contributed by atoms with E-state index in [4.69, 9.17) is 4.74 Å². The van der Waals surface area contributed by atoms with Gasteiger partial charge in [-0.25, -0.2) is 8.42 Å². The Hall–Kier alpha value is -0.950. The summed E-state index contributed by atoms with van der Waals surface area (Å²) in [6.45, 7) is 8.38. The second-order valence-corrected chi connectivity index (χ2v) is 9.62. The molecule has 0 saturated carbocycles. The standard InChI is InChI=1S/C19H30N2O3S/c1-16(2)12-21(18-8-10-24-11-9-18)19-13-20(14-19)25(22,23)15-17-6-4-3-5-7-17/h3-7,16,18-19H,8-15H2,1-2H3. The molecule has 2 fully saturated rings. The van der Waals surface area contributed by atoms with Crippen molar-refractivity contribution in [2.45, 2.75) is 44.5 Å². The molecule has 0 atom stereocenters. The van der Waals surface area contributed by atoms with Crippen molar-refractivity contribution in [3.8, 4) is 0 Å². The molecule has 1 aromatic rings. The van der Waals surface area contributed by atoms with Crippen molar-refractivity contribution in [1.29, 1.82) is 0 Å². The van der Waals surface area contributed by atoms with Crippen LogP contribution in [0.1, 0.15) is 32.3 Å². The summed E-state index contributed by atoms with van der Waals surface area (Å²) in [4.78, 5) is 2.54. The fourth-order valence-electron chi connectivity index (χ4n) is 3.76. The smallest absolute Gasteiger partial charge is 0.218 e. The summed E-state index contributed by atoms with van der Waals surface area (Å²) in [6.07, 6.45) is 2.11. The van der Waals surface area contributed by atoms with Crippen LogP contribution in [0.4, 0.5) is 0 Å². The number of benzene rings is 1. The number of nitrogens with zero attached hydrogens (tertiary/aromatic N) is 2. The van der Waals surface area contributed by atoms with Gasteiger partial charge in [0.15, 0.2) is 0 Å².